The van der Waals surface area contributed by atoms with Crippen LogP contribution in [0.4, 0.5) is 15.8 Å². The zero-order chi connectivity index (χ0) is 48.3. The first-order valence-electron chi connectivity index (χ1n) is 23.2. The van der Waals surface area contributed by atoms with E-state index in [1.807, 2.05) is 36.7 Å². The Bertz CT molecular complexity index is 2330. The van der Waals surface area contributed by atoms with Gasteiger partial charge in [-0.2, -0.15) is 5.26 Å². The first-order valence-corrected chi connectivity index (χ1v) is 24.5. The van der Waals surface area contributed by atoms with Gasteiger partial charge in [-0.15, -0.1) is 11.3 Å². The normalized spacial score (nSPS) is 18.3. The molecule has 4 aromatic rings. The van der Waals surface area contributed by atoms with Gasteiger partial charge in [0.25, 0.3) is 5.91 Å². The molecule has 0 spiro atoms. The van der Waals surface area contributed by atoms with Crippen LogP contribution in [0.1, 0.15) is 90.5 Å². The fourth-order valence-electron chi connectivity index (χ4n) is 8.51. The molecule has 0 radical (unpaired) electrons. The van der Waals surface area contributed by atoms with Crippen LogP contribution in [0.2, 0.25) is 0 Å². The molecule has 360 valence electrons. The number of amides is 2. The Labute approximate surface area is 404 Å². The Morgan fingerprint density at radius 2 is 1.70 bits per heavy atom. The van der Waals surface area contributed by atoms with E-state index in [1.165, 1.54) is 21.9 Å². The molecule has 13 nitrogen and oxygen atoms in total. The lowest BCUT2D eigenvalue weighted by Gasteiger charge is -2.38. The predicted octanol–water partition coefficient (Wildman–Crippen LogP) is 8.37. The van der Waals surface area contributed by atoms with Crippen LogP contribution in [-0.2, 0) is 25.6 Å². The molecular formula is C51H66FN7O6S2. The summed E-state index contributed by atoms with van der Waals surface area (Å²) in [6.07, 6.45) is 3.52. The van der Waals surface area contributed by atoms with Crippen molar-refractivity contribution in [3.63, 3.8) is 0 Å². The number of aliphatic hydroxyl groups excluding tert-OH is 1. The van der Waals surface area contributed by atoms with E-state index >= 15 is 0 Å². The Kier molecular flexibility index (Phi) is 18.0. The molecule has 6 rings (SSSR count). The molecule has 0 aliphatic carbocycles. The lowest BCUT2D eigenvalue weighted by atomic mass is 9.86. The molecule has 0 bridgehead atoms. The van der Waals surface area contributed by atoms with E-state index in [0.29, 0.717) is 63.3 Å². The third-order valence-electron chi connectivity index (χ3n) is 12.4. The monoisotopic (exact) mass is 955 g/mol. The number of carbonyl (C=O) groups is 2. The van der Waals surface area contributed by atoms with Crippen molar-refractivity contribution in [2.45, 2.75) is 111 Å². The van der Waals surface area contributed by atoms with Crippen molar-refractivity contribution in [1.82, 2.24) is 20.5 Å². The van der Waals surface area contributed by atoms with E-state index in [4.69, 9.17) is 31.7 Å². The van der Waals surface area contributed by atoms with E-state index in [0.717, 1.165) is 55.1 Å². The van der Waals surface area contributed by atoms with Crippen LogP contribution < -0.4 is 25.2 Å². The number of unbranched alkanes of at least 4 members (excludes halogenated alkanes) is 2. The molecule has 1 unspecified atom stereocenters. The van der Waals surface area contributed by atoms with Gasteiger partial charge in [0.1, 0.15) is 36.0 Å². The summed E-state index contributed by atoms with van der Waals surface area (Å²) in [7, 11) is 0. The van der Waals surface area contributed by atoms with Gasteiger partial charge in [-0.25, -0.2) is 9.37 Å². The van der Waals surface area contributed by atoms with Crippen LogP contribution in [0.5, 0.6) is 5.75 Å². The largest absolute Gasteiger partial charge is 0.494 e. The standard InChI is InChI=1S/C51H66FN7O6S2/c1-34-26-43(47(61)54-29-36-12-14-37(15-13-36)46-35(2)55-33-67-46)57(30-34)31-44(50(3,4)5)56-45(60)32-64-24-11-23-63-22-9-8-10-25-65-41-20-18-39(19-21-41)59-49(66)58(48(62)51(59,6)7)40-17-16-38(28-53)42(52)27-40/h12-21,27,33-34,43-44,47,54,61H,8-11,22-26,29-32H2,1-7H3,(H,56,60)/t34-,43+,44-,47?/m1/s1. The Morgan fingerprint density at radius 3 is 2.37 bits per heavy atom. The average molecular weight is 956 g/mol. The smallest absolute Gasteiger partial charge is 0.259 e. The maximum atomic E-state index is 14.4. The van der Waals surface area contributed by atoms with Gasteiger partial charge in [0.05, 0.1) is 33.9 Å². The summed E-state index contributed by atoms with van der Waals surface area (Å²) in [5.41, 5.74) is 4.78. The van der Waals surface area contributed by atoms with Crippen LogP contribution in [0.3, 0.4) is 0 Å². The molecule has 0 saturated carbocycles. The predicted molar refractivity (Wildman–Crippen MR) is 265 cm³/mol. The molecule has 2 saturated heterocycles. The molecule has 67 heavy (non-hydrogen) atoms. The molecular weight excluding hydrogens is 890 g/mol. The Balaban J connectivity index is 0.825. The van der Waals surface area contributed by atoms with Gasteiger partial charge in [0.15, 0.2) is 5.11 Å². The number of hydrogen-bond acceptors (Lipinski definition) is 12. The molecule has 3 N–H and O–H groups in total. The van der Waals surface area contributed by atoms with Crippen LogP contribution in [-0.4, -0.2) is 102 Å². The van der Waals surface area contributed by atoms with Crippen molar-refractivity contribution in [1.29, 1.82) is 5.26 Å². The third-order valence-corrected chi connectivity index (χ3v) is 13.7. The molecule has 2 aliphatic heterocycles. The second kappa shape index (κ2) is 23.4. The number of aryl methyl sites for hydroxylation is 1. The summed E-state index contributed by atoms with van der Waals surface area (Å²) in [6, 6.07) is 21.4. The lowest BCUT2D eigenvalue weighted by molar-refractivity contribution is -0.127. The van der Waals surface area contributed by atoms with Crippen molar-refractivity contribution in [3.8, 4) is 22.3 Å². The number of anilines is 2. The molecule has 3 heterocycles. The molecule has 3 aromatic carbocycles. The number of likely N-dealkylation sites (tertiary alicyclic amines) is 1. The second-order valence-corrected chi connectivity index (χ2v) is 20.4. The Hall–Kier alpha value is -4.86. The van der Waals surface area contributed by atoms with Crippen LogP contribution >= 0.6 is 23.6 Å². The number of thiocarbonyl (C=S) groups is 1. The van der Waals surface area contributed by atoms with Gasteiger partial charge in [-0.1, -0.05) is 52.0 Å². The highest BCUT2D eigenvalue weighted by Crippen LogP contribution is 2.37. The fraction of sp³-hybridized carbons (Fsp3) is 0.510. The zero-order valence-electron chi connectivity index (χ0n) is 39.8. The summed E-state index contributed by atoms with van der Waals surface area (Å²) in [5.74, 6) is -0.0478. The number of aromatic nitrogens is 1. The highest BCUT2D eigenvalue weighted by Gasteiger charge is 2.50. The minimum Gasteiger partial charge on any atom is -0.494 e. The van der Waals surface area contributed by atoms with E-state index in [-0.39, 0.29) is 52.3 Å². The number of thiazole rings is 1. The van der Waals surface area contributed by atoms with E-state index in [2.05, 4.69) is 72.5 Å². The van der Waals surface area contributed by atoms with Crippen LogP contribution in [0.25, 0.3) is 10.4 Å². The minimum atomic E-state index is -1.02. The molecule has 1 aromatic heterocycles. The fourth-order valence-corrected chi connectivity index (χ4v) is 9.85. The first-order chi connectivity index (χ1) is 32.0. The lowest BCUT2D eigenvalue weighted by Crippen LogP contribution is -2.55. The number of halogens is 1. The molecule has 2 fully saturated rings. The molecule has 2 amide bonds. The zero-order valence-corrected chi connectivity index (χ0v) is 41.5. The quantitative estimate of drug-likeness (QED) is 0.0372. The molecule has 16 heteroatoms. The number of hydrogen-bond donors (Lipinski definition) is 3. The second-order valence-electron chi connectivity index (χ2n) is 19.2. The van der Waals surface area contributed by atoms with Crippen molar-refractivity contribution in [3.05, 3.63) is 94.9 Å². The highest BCUT2D eigenvalue weighted by molar-refractivity contribution is 7.81. The van der Waals surface area contributed by atoms with E-state index in [9.17, 15) is 19.1 Å². The number of nitrogens with zero attached hydrogens (tertiary/aromatic N) is 5. The summed E-state index contributed by atoms with van der Waals surface area (Å²) in [4.78, 5) is 37.4. The maximum absolute atomic E-state index is 14.4. The van der Waals surface area contributed by atoms with Crippen molar-refractivity contribution >= 4 is 51.9 Å². The van der Waals surface area contributed by atoms with Gasteiger partial charge in [-0.3, -0.25) is 24.7 Å². The SMILES string of the molecule is Cc1ncsc1-c1ccc(CNC(O)[C@@H]2C[C@@H](C)CN2C[C@@H](NC(=O)COCCCOCCCCCOc2ccc(N3C(=S)N(c4ccc(C#N)c(F)c4)C(=O)C3(C)C)cc2)C(C)(C)C)cc1. The van der Waals surface area contributed by atoms with Gasteiger partial charge >= 0.3 is 0 Å². The summed E-state index contributed by atoms with van der Waals surface area (Å²) in [6.45, 7) is 18.3. The van der Waals surface area contributed by atoms with Gasteiger partial charge in [0, 0.05) is 57.2 Å². The topological polar surface area (TPSA) is 153 Å². The first kappa shape index (κ1) is 51.5. The maximum Gasteiger partial charge on any atom is 0.259 e. The minimum absolute atomic E-state index is 0.0230. The highest BCUT2D eigenvalue weighted by atomic mass is 32.1. The van der Waals surface area contributed by atoms with Gasteiger partial charge < -0.3 is 29.5 Å². The average Bonchev–Trinajstić information content (AvgIpc) is 3.94. The summed E-state index contributed by atoms with van der Waals surface area (Å²) >= 11 is 7.34. The van der Waals surface area contributed by atoms with Crippen LogP contribution in [0.15, 0.2) is 72.2 Å². The van der Waals surface area contributed by atoms with Crippen molar-refractivity contribution in [2.75, 3.05) is 55.9 Å². The van der Waals surface area contributed by atoms with Crippen molar-refractivity contribution < 1.29 is 33.3 Å². The van der Waals surface area contributed by atoms with Crippen molar-refractivity contribution in [2.24, 2.45) is 11.3 Å². The number of nitrogens with one attached hydrogen (secondary N) is 2. The number of rotatable bonds is 23. The third kappa shape index (κ3) is 13.4. The van der Waals surface area contributed by atoms with Gasteiger partial charge in [-0.05, 0) is 130 Å². The van der Waals surface area contributed by atoms with E-state index < -0.39 is 17.6 Å². The number of benzene rings is 3. The number of nitriles is 1. The summed E-state index contributed by atoms with van der Waals surface area (Å²) in [5, 5.41) is 27.2. The van der Waals surface area contributed by atoms with Crippen LogP contribution in [0, 0.1) is 35.4 Å². The molecule has 4 atom stereocenters. The Morgan fingerprint density at radius 1 is 1.01 bits per heavy atom. The number of ether oxygens (including phenoxy) is 3. The molecule has 2 aliphatic rings. The van der Waals surface area contributed by atoms with E-state index in [1.54, 1.807) is 36.2 Å². The number of carbonyl (C=O) groups excluding carboxylic acids is 2. The van der Waals surface area contributed by atoms with Gasteiger partial charge in [0.2, 0.25) is 5.91 Å². The number of aliphatic hydroxyl groups is 1. The summed E-state index contributed by atoms with van der Waals surface area (Å²) < 4.78 is 31.9.